The number of ketones is 1. The number of Topliss-reactive ketones (excluding diaryl/α,β-unsaturated/α-hetero) is 1. The van der Waals surface area contributed by atoms with Gasteiger partial charge in [-0.05, 0) is 56.9 Å². The smallest absolute Gasteiger partial charge is 0.237 e. The molecule has 0 aliphatic carbocycles. The molecule has 0 fully saturated rings. The van der Waals surface area contributed by atoms with Gasteiger partial charge in [0.2, 0.25) is 5.91 Å². The highest BCUT2D eigenvalue weighted by Crippen LogP contribution is 2.46. The Labute approximate surface area is 114 Å². The van der Waals surface area contributed by atoms with Crippen LogP contribution < -0.4 is 4.90 Å². The van der Waals surface area contributed by atoms with Crippen molar-refractivity contribution in [2.45, 2.75) is 46.0 Å². The minimum absolute atomic E-state index is 0.0949. The predicted octanol–water partition coefficient (Wildman–Crippen LogP) is 2.91. The van der Waals surface area contributed by atoms with Crippen molar-refractivity contribution in [1.29, 1.82) is 0 Å². The molecule has 2 rings (SSSR count). The van der Waals surface area contributed by atoms with Crippen LogP contribution in [0.15, 0.2) is 12.1 Å². The van der Waals surface area contributed by atoms with Gasteiger partial charge in [-0.3, -0.25) is 4.79 Å². The van der Waals surface area contributed by atoms with Gasteiger partial charge in [-0.1, -0.05) is 6.07 Å². The van der Waals surface area contributed by atoms with Crippen LogP contribution in [-0.4, -0.2) is 18.7 Å². The van der Waals surface area contributed by atoms with E-state index in [1.165, 1.54) is 0 Å². The summed E-state index contributed by atoms with van der Waals surface area (Å²) < 4.78 is 0. The van der Waals surface area contributed by atoms with Crippen LogP contribution in [0.1, 0.15) is 43.4 Å². The van der Waals surface area contributed by atoms with Crippen LogP contribution in [0, 0.1) is 13.8 Å². The molecule has 1 aliphatic rings. The topological polar surface area (TPSA) is 37.4 Å². The minimum Gasteiger partial charge on any atom is -0.314 e. The molecule has 3 nitrogen and oxygen atoms in total. The average molecular weight is 259 g/mol. The van der Waals surface area contributed by atoms with Crippen molar-refractivity contribution in [2.75, 3.05) is 11.9 Å². The molecule has 0 saturated carbocycles. The summed E-state index contributed by atoms with van der Waals surface area (Å²) in [4.78, 5) is 25.6. The first-order chi connectivity index (χ1) is 8.77. The number of likely N-dealkylation sites (N-methyl/N-ethyl adjacent to an activating group) is 1. The van der Waals surface area contributed by atoms with Gasteiger partial charge in [0.1, 0.15) is 5.78 Å². The lowest BCUT2D eigenvalue weighted by atomic mass is 9.77. The maximum atomic E-state index is 12.6. The minimum atomic E-state index is -0.562. The molecule has 0 saturated heterocycles. The molecule has 0 spiro atoms. The van der Waals surface area contributed by atoms with E-state index in [0.717, 1.165) is 22.4 Å². The molecule has 0 aromatic heterocycles. The maximum Gasteiger partial charge on any atom is 0.237 e. The van der Waals surface area contributed by atoms with Crippen molar-refractivity contribution in [3.8, 4) is 0 Å². The molecule has 1 heterocycles. The second-order valence-corrected chi connectivity index (χ2v) is 5.87. The number of anilines is 1. The quantitative estimate of drug-likeness (QED) is 0.837. The van der Waals surface area contributed by atoms with Crippen molar-refractivity contribution in [1.82, 2.24) is 0 Å². The van der Waals surface area contributed by atoms with Gasteiger partial charge in [0.25, 0.3) is 0 Å². The van der Waals surface area contributed by atoms with E-state index in [4.69, 9.17) is 0 Å². The van der Waals surface area contributed by atoms with Gasteiger partial charge in [0.15, 0.2) is 0 Å². The lowest BCUT2D eigenvalue weighted by molar-refractivity contribution is -0.123. The Morgan fingerprint density at radius 3 is 2.53 bits per heavy atom. The number of carbonyl (C=O) groups excluding carboxylic acids is 2. The fourth-order valence-electron chi connectivity index (χ4n) is 3.17. The van der Waals surface area contributed by atoms with E-state index in [1.54, 1.807) is 11.8 Å². The molecule has 1 amide bonds. The van der Waals surface area contributed by atoms with Crippen molar-refractivity contribution >= 4 is 17.4 Å². The van der Waals surface area contributed by atoms with E-state index in [1.807, 2.05) is 27.8 Å². The standard InChI is InChI=1S/C16H21NO2/c1-10-8-11(2)14-13(9-10)17(5)15(19)16(14,4)7-6-12(3)18/h8-9H,6-7H2,1-5H3. The van der Waals surface area contributed by atoms with Crippen molar-refractivity contribution in [3.05, 3.63) is 28.8 Å². The van der Waals surface area contributed by atoms with Crippen molar-refractivity contribution < 1.29 is 9.59 Å². The number of nitrogens with zero attached hydrogens (tertiary/aromatic N) is 1. The van der Waals surface area contributed by atoms with Gasteiger partial charge in [-0.2, -0.15) is 0 Å². The SMILES string of the molecule is CC(=O)CCC1(C)C(=O)N(C)c2cc(C)cc(C)c21. The highest BCUT2D eigenvalue weighted by molar-refractivity contribution is 6.08. The van der Waals surface area contributed by atoms with E-state index < -0.39 is 5.41 Å². The first kappa shape index (κ1) is 13.8. The maximum absolute atomic E-state index is 12.6. The van der Waals surface area contributed by atoms with Crippen LogP contribution in [0.3, 0.4) is 0 Å². The van der Waals surface area contributed by atoms with Crippen molar-refractivity contribution in [3.63, 3.8) is 0 Å². The lowest BCUT2D eigenvalue weighted by Gasteiger charge is -2.24. The van der Waals surface area contributed by atoms with Crippen LogP contribution in [0.25, 0.3) is 0 Å². The van der Waals surface area contributed by atoms with Crippen LogP contribution in [-0.2, 0) is 15.0 Å². The number of rotatable bonds is 3. The Hall–Kier alpha value is -1.64. The third-order valence-corrected chi connectivity index (χ3v) is 4.13. The molecule has 1 aliphatic heterocycles. The Morgan fingerprint density at radius 2 is 1.95 bits per heavy atom. The zero-order chi connectivity index (χ0) is 14.4. The van der Waals surface area contributed by atoms with Crippen LogP contribution in [0.4, 0.5) is 5.69 Å². The molecular formula is C16H21NO2. The van der Waals surface area contributed by atoms with Gasteiger partial charge >= 0.3 is 0 Å². The molecule has 1 unspecified atom stereocenters. The number of benzene rings is 1. The summed E-state index contributed by atoms with van der Waals surface area (Å²) in [6.07, 6.45) is 1.03. The molecule has 0 N–H and O–H groups in total. The largest absolute Gasteiger partial charge is 0.314 e. The highest BCUT2D eigenvalue weighted by Gasteiger charge is 2.46. The Morgan fingerprint density at radius 1 is 1.32 bits per heavy atom. The molecule has 1 aromatic rings. The summed E-state index contributed by atoms with van der Waals surface area (Å²) in [5.41, 5.74) is 3.82. The summed E-state index contributed by atoms with van der Waals surface area (Å²) in [5.74, 6) is 0.229. The summed E-state index contributed by atoms with van der Waals surface area (Å²) in [6.45, 7) is 7.62. The van der Waals surface area contributed by atoms with Gasteiger partial charge < -0.3 is 9.69 Å². The third kappa shape index (κ3) is 2.07. The fraction of sp³-hybridized carbons (Fsp3) is 0.500. The van der Waals surface area contributed by atoms with Crippen LogP contribution in [0.2, 0.25) is 0 Å². The third-order valence-electron chi connectivity index (χ3n) is 4.13. The van der Waals surface area contributed by atoms with E-state index >= 15 is 0 Å². The second kappa shape index (κ2) is 4.48. The van der Waals surface area contributed by atoms with Crippen LogP contribution in [0.5, 0.6) is 0 Å². The van der Waals surface area contributed by atoms with Crippen molar-refractivity contribution in [2.24, 2.45) is 0 Å². The van der Waals surface area contributed by atoms with E-state index in [0.29, 0.717) is 12.8 Å². The van der Waals surface area contributed by atoms with Gasteiger partial charge in [0.05, 0.1) is 5.41 Å². The highest BCUT2D eigenvalue weighted by atomic mass is 16.2. The number of carbonyl (C=O) groups is 2. The summed E-state index contributed by atoms with van der Waals surface area (Å²) >= 11 is 0. The normalized spacial score (nSPS) is 21.7. The molecule has 1 aromatic carbocycles. The first-order valence-electron chi connectivity index (χ1n) is 6.66. The zero-order valence-electron chi connectivity index (χ0n) is 12.3. The van der Waals surface area contributed by atoms with E-state index in [9.17, 15) is 9.59 Å². The van der Waals surface area contributed by atoms with Gasteiger partial charge in [0, 0.05) is 19.2 Å². The number of fused-ring (bicyclic) bond motifs is 1. The molecule has 0 bridgehead atoms. The molecular weight excluding hydrogens is 238 g/mol. The zero-order valence-corrected chi connectivity index (χ0v) is 12.3. The Balaban J connectivity index is 2.54. The van der Waals surface area contributed by atoms with Gasteiger partial charge in [-0.15, -0.1) is 0 Å². The van der Waals surface area contributed by atoms with E-state index in [2.05, 4.69) is 12.1 Å². The molecule has 0 radical (unpaired) electrons. The predicted molar refractivity (Wildman–Crippen MR) is 76.6 cm³/mol. The summed E-state index contributed by atoms with van der Waals surface area (Å²) in [6, 6.07) is 4.16. The monoisotopic (exact) mass is 259 g/mol. The molecule has 3 heteroatoms. The molecule has 1 atom stereocenters. The number of hydrogen-bond donors (Lipinski definition) is 0. The molecule has 19 heavy (non-hydrogen) atoms. The van der Waals surface area contributed by atoms with Gasteiger partial charge in [-0.25, -0.2) is 0 Å². The number of amides is 1. The average Bonchev–Trinajstić information content (AvgIpc) is 2.50. The number of hydrogen-bond acceptors (Lipinski definition) is 2. The second-order valence-electron chi connectivity index (χ2n) is 5.87. The summed E-state index contributed by atoms with van der Waals surface area (Å²) in [5, 5.41) is 0. The molecule has 102 valence electrons. The fourth-order valence-corrected chi connectivity index (χ4v) is 3.17. The first-order valence-corrected chi connectivity index (χ1v) is 6.66. The number of aryl methyl sites for hydroxylation is 2. The summed E-state index contributed by atoms with van der Waals surface area (Å²) in [7, 11) is 1.82. The Kier molecular flexibility index (Phi) is 3.25. The Bertz CT molecular complexity index is 562. The van der Waals surface area contributed by atoms with Crippen LogP contribution >= 0.6 is 0 Å². The lowest BCUT2D eigenvalue weighted by Crippen LogP contribution is -2.36. The van der Waals surface area contributed by atoms with E-state index in [-0.39, 0.29) is 11.7 Å².